The fraction of sp³-hybridized carbons (Fsp3) is 0.667. The van der Waals surface area contributed by atoms with Gasteiger partial charge in [0, 0.05) is 14.1 Å². The van der Waals surface area contributed by atoms with Crippen LogP contribution >= 0.6 is 15.9 Å². The van der Waals surface area contributed by atoms with Gasteiger partial charge >= 0.3 is 0 Å². The van der Waals surface area contributed by atoms with Gasteiger partial charge in [-0.25, -0.2) is 0 Å². The maximum atomic E-state index is 10.8. The van der Waals surface area contributed by atoms with Gasteiger partial charge in [-0.3, -0.25) is 9.59 Å². The van der Waals surface area contributed by atoms with Gasteiger partial charge in [-0.15, -0.1) is 0 Å². The number of rotatable bonds is 3. The Hall–Kier alpha value is -0.380. The van der Waals surface area contributed by atoms with Crippen molar-refractivity contribution in [2.45, 2.75) is 6.42 Å². The van der Waals surface area contributed by atoms with E-state index in [1.54, 1.807) is 14.1 Å². The second-order valence-electron chi connectivity index (χ2n) is 2.14. The molecule has 0 aliphatic carbocycles. The third kappa shape index (κ3) is 3.61. The van der Waals surface area contributed by atoms with Gasteiger partial charge < -0.3 is 4.90 Å². The normalized spacial score (nSPS) is 9.10. The van der Waals surface area contributed by atoms with Crippen molar-refractivity contribution in [1.29, 1.82) is 0 Å². The minimum atomic E-state index is -0.149. The first-order chi connectivity index (χ1) is 4.57. The minimum Gasteiger partial charge on any atom is -0.348 e. The summed E-state index contributed by atoms with van der Waals surface area (Å²) in [5.74, 6) is -0.233. The van der Waals surface area contributed by atoms with E-state index in [1.807, 2.05) is 0 Å². The molecule has 0 aromatic rings. The number of carbonyl (C=O) groups excluding carboxylic acids is 2. The standard InChI is InChI=1S/C6H10BrNO2/c1-8(2)6(10)3-5(9)4-7/h3-4H2,1-2H3. The first kappa shape index (κ1) is 9.62. The Bertz CT molecular complexity index is 145. The zero-order chi connectivity index (χ0) is 8.15. The highest BCUT2D eigenvalue weighted by Crippen LogP contribution is 1.92. The van der Waals surface area contributed by atoms with Crippen LogP contribution in [0.2, 0.25) is 0 Å². The Morgan fingerprint density at radius 2 is 1.90 bits per heavy atom. The quantitative estimate of drug-likeness (QED) is 0.498. The molecule has 4 heteroatoms. The van der Waals surface area contributed by atoms with E-state index in [0.29, 0.717) is 0 Å². The van der Waals surface area contributed by atoms with Crippen molar-refractivity contribution < 1.29 is 9.59 Å². The predicted octanol–water partition coefficient (Wildman–Crippen LogP) is 0.429. The lowest BCUT2D eigenvalue weighted by atomic mass is 10.3. The lowest BCUT2D eigenvalue weighted by molar-refractivity contribution is -0.132. The summed E-state index contributed by atoms with van der Waals surface area (Å²) in [4.78, 5) is 22.8. The smallest absolute Gasteiger partial charge is 0.229 e. The molecule has 0 bridgehead atoms. The molecule has 0 saturated heterocycles. The largest absolute Gasteiger partial charge is 0.348 e. The van der Waals surface area contributed by atoms with Gasteiger partial charge in [-0.05, 0) is 0 Å². The van der Waals surface area contributed by atoms with Crippen LogP contribution in [0.3, 0.4) is 0 Å². The molecular formula is C6H10BrNO2. The molecule has 10 heavy (non-hydrogen) atoms. The Kier molecular flexibility index (Phi) is 4.27. The number of Topliss-reactive ketones (excluding diaryl/α,β-unsaturated/α-hetero) is 1. The maximum absolute atomic E-state index is 10.8. The first-order valence-corrected chi connectivity index (χ1v) is 3.98. The summed E-state index contributed by atoms with van der Waals surface area (Å²) in [7, 11) is 3.26. The average Bonchev–Trinajstić information content (AvgIpc) is 1.87. The van der Waals surface area contributed by atoms with Gasteiger partial charge in [-0.1, -0.05) is 15.9 Å². The van der Waals surface area contributed by atoms with Crippen molar-refractivity contribution >= 4 is 27.6 Å². The van der Waals surface area contributed by atoms with Gasteiger partial charge in [-0.2, -0.15) is 0 Å². The van der Waals surface area contributed by atoms with E-state index in [-0.39, 0.29) is 23.4 Å². The number of nitrogens with zero attached hydrogens (tertiary/aromatic N) is 1. The third-order valence-corrected chi connectivity index (χ3v) is 1.62. The molecule has 0 saturated carbocycles. The third-order valence-electron chi connectivity index (χ3n) is 0.996. The van der Waals surface area contributed by atoms with Crippen LogP contribution in [0.1, 0.15) is 6.42 Å². The number of carbonyl (C=O) groups is 2. The lowest BCUT2D eigenvalue weighted by Crippen LogP contribution is -2.24. The highest BCUT2D eigenvalue weighted by atomic mass is 79.9. The van der Waals surface area contributed by atoms with E-state index in [9.17, 15) is 9.59 Å². The molecule has 0 fully saturated rings. The van der Waals surface area contributed by atoms with Crippen LogP contribution < -0.4 is 0 Å². The Morgan fingerprint density at radius 3 is 2.20 bits per heavy atom. The van der Waals surface area contributed by atoms with Crippen molar-refractivity contribution in [3.63, 3.8) is 0 Å². The highest BCUT2D eigenvalue weighted by Gasteiger charge is 2.08. The summed E-state index contributed by atoms with van der Waals surface area (Å²) < 4.78 is 0. The molecule has 0 aromatic heterocycles. The van der Waals surface area contributed by atoms with Crippen LogP contribution in [0.4, 0.5) is 0 Å². The average molecular weight is 208 g/mol. The fourth-order valence-electron chi connectivity index (χ4n) is 0.374. The molecular weight excluding hydrogens is 198 g/mol. The van der Waals surface area contributed by atoms with Crippen LogP contribution in [0.15, 0.2) is 0 Å². The monoisotopic (exact) mass is 207 g/mol. The van der Waals surface area contributed by atoms with E-state index in [1.165, 1.54) is 4.90 Å². The van der Waals surface area contributed by atoms with Gasteiger partial charge in [0.15, 0.2) is 5.78 Å². The molecule has 3 nitrogen and oxygen atoms in total. The maximum Gasteiger partial charge on any atom is 0.229 e. The van der Waals surface area contributed by atoms with Crippen LogP contribution in [0, 0.1) is 0 Å². The molecule has 0 aromatic carbocycles. The molecule has 0 unspecified atom stereocenters. The predicted molar refractivity (Wildman–Crippen MR) is 42.1 cm³/mol. The van der Waals surface area contributed by atoms with Crippen LogP contribution in [-0.2, 0) is 9.59 Å². The van der Waals surface area contributed by atoms with Gasteiger partial charge in [0.05, 0.1) is 11.8 Å². The molecule has 0 aliphatic rings. The molecule has 1 amide bonds. The summed E-state index contributed by atoms with van der Waals surface area (Å²) in [6.07, 6.45) is -0.00174. The summed E-state index contributed by atoms with van der Waals surface area (Å²) in [6, 6.07) is 0. The minimum absolute atomic E-state index is 0.00174. The zero-order valence-electron chi connectivity index (χ0n) is 6.06. The molecule has 0 atom stereocenters. The van der Waals surface area contributed by atoms with E-state index >= 15 is 0 Å². The molecule has 0 aliphatic heterocycles. The second-order valence-corrected chi connectivity index (χ2v) is 2.70. The van der Waals surface area contributed by atoms with Crippen molar-refractivity contribution in [3.05, 3.63) is 0 Å². The van der Waals surface area contributed by atoms with E-state index in [4.69, 9.17) is 0 Å². The number of alkyl halides is 1. The molecule has 0 N–H and O–H groups in total. The van der Waals surface area contributed by atoms with Crippen LogP contribution in [-0.4, -0.2) is 36.0 Å². The Labute approximate surface area is 68.5 Å². The van der Waals surface area contributed by atoms with Crippen molar-refractivity contribution in [1.82, 2.24) is 4.90 Å². The Balaban J connectivity index is 3.69. The number of ketones is 1. The van der Waals surface area contributed by atoms with Crippen molar-refractivity contribution in [3.8, 4) is 0 Å². The van der Waals surface area contributed by atoms with Crippen LogP contribution in [0.5, 0.6) is 0 Å². The van der Waals surface area contributed by atoms with Gasteiger partial charge in [0.1, 0.15) is 0 Å². The molecule has 0 heterocycles. The topological polar surface area (TPSA) is 37.4 Å². The van der Waals surface area contributed by atoms with E-state index < -0.39 is 0 Å². The molecule has 0 spiro atoms. The number of halogens is 1. The Morgan fingerprint density at radius 1 is 1.40 bits per heavy atom. The molecule has 58 valence electrons. The summed E-state index contributed by atoms with van der Waals surface area (Å²) >= 11 is 2.97. The SMILES string of the molecule is CN(C)C(=O)CC(=O)CBr. The molecule has 0 rings (SSSR count). The fourth-order valence-corrected chi connectivity index (χ4v) is 0.572. The number of amides is 1. The van der Waals surface area contributed by atoms with Gasteiger partial charge in [0.2, 0.25) is 5.91 Å². The number of hydrogen-bond donors (Lipinski definition) is 0. The van der Waals surface area contributed by atoms with E-state index in [0.717, 1.165) is 0 Å². The molecule has 0 radical (unpaired) electrons. The first-order valence-electron chi connectivity index (χ1n) is 2.85. The van der Waals surface area contributed by atoms with Crippen LogP contribution in [0.25, 0.3) is 0 Å². The summed E-state index contributed by atoms with van der Waals surface area (Å²) in [6.45, 7) is 0. The van der Waals surface area contributed by atoms with Crippen molar-refractivity contribution in [2.75, 3.05) is 19.4 Å². The zero-order valence-corrected chi connectivity index (χ0v) is 7.64. The summed E-state index contributed by atoms with van der Waals surface area (Å²) in [5.41, 5.74) is 0. The van der Waals surface area contributed by atoms with Crippen molar-refractivity contribution in [2.24, 2.45) is 0 Å². The second kappa shape index (κ2) is 4.44. The van der Waals surface area contributed by atoms with Gasteiger partial charge in [0.25, 0.3) is 0 Å². The lowest BCUT2D eigenvalue weighted by Gasteiger charge is -2.07. The van der Waals surface area contributed by atoms with E-state index in [2.05, 4.69) is 15.9 Å². The highest BCUT2D eigenvalue weighted by molar-refractivity contribution is 9.09. The number of hydrogen-bond acceptors (Lipinski definition) is 2. The summed E-state index contributed by atoms with van der Waals surface area (Å²) in [5, 5.41) is 0.257.